The van der Waals surface area contributed by atoms with Crippen LogP contribution in [-0.4, -0.2) is 43.0 Å². The SMILES string of the molecule is CCN(Cc1cc(N)cc(F)c1)C(C)CN(C)C. The van der Waals surface area contributed by atoms with E-state index in [2.05, 4.69) is 37.7 Å². The summed E-state index contributed by atoms with van der Waals surface area (Å²) in [6, 6.07) is 5.17. The van der Waals surface area contributed by atoms with Gasteiger partial charge in [0.1, 0.15) is 5.82 Å². The largest absolute Gasteiger partial charge is 0.399 e. The average molecular weight is 253 g/mol. The van der Waals surface area contributed by atoms with Crippen molar-refractivity contribution in [1.29, 1.82) is 0 Å². The second kappa shape index (κ2) is 6.71. The summed E-state index contributed by atoms with van der Waals surface area (Å²) in [5, 5.41) is 0. The van der Waals surface area contributed by atoms with E-state index in [0.717, 1.165) is 25.2 Å². The average Bonchev–Trinajstić information content (AvgIpc) is 2.23. The molecule has 0 fully saturated rings. The van der Waals surface area contributed by atoms with Gasteiger partial charge in [0.2, 0.25) is 0 Å². The fraction of sp³-hybridized carbons (Fsp3) is 0.571. The van der Waals surface area contributed by atoms with E-state index in [-0.39, 0.29) is 5.82 Å². The van der Waals surface area contributed by atoms with Gasteiger partial charge in [-0.3, -0.25) is 4.90 Å². The number of nitrogens with zero attached hydrogens (tertiary/aromatic N) is 2. The van der Waals surface area contributed by atoms with Gasteiger partial charge in [-0.1, -0.05) is 6.92 Å². The first kappa shape index (κ1) is 14.9. The lowest BCUT2D eigenvalue weighted by Gasteiger charge is -2.30. The van der Waals surface area contributed by atoms with Gasteiger partial charge in [-0.25, -0.2) is 4.39 Å². The minimum absolute atomic E-state index is 0.263. The lowest BCUT2D eigenvalue weighted by Crippen LogP contribution is -2.39. The van der Waals surface area contributed by atoms with E-state index in [1.54, 1.807) is 6.07 Å². The van der Waals surface area contributed by atoms with Gasteiger partial charge in [-0.15, -0.1) is 0 Å². The number of likely N-dealkylation sites (N-methyl/N-ethyl adjacent to an activating group) is 2. The highest BCUT2D eigenvalue weighted by atomic mass is 19.1. The molecule has 0 spiro atoms. The Morgan fingerprint density at radius 2 is 1.94 bits per heavy atom. The highest BCUT2D eigenvalue weighted by Gasteiger charge is 2.13. The first-order chi connectivity index (χ1) is 8.42. The van der Waals surface area contributed by atoms with Gasteiger partial charge in [-0.05, 0) is 51.3 Å². The van der Waals surface area contributed by atoms with Crippen LogP contribution in [-0.2, 0) is 6.54 Å². The quantitative estimate of drug-likeness (QED) is 0.789. The predicted molar refractivity (Wildman–Crippen MR) is 74.9 cm³/mol. The molecule has 1 aromatic carbocycles. The first-order valence-corrected chi connectivity index (χ1v) is 6.36. The van der Waals surface area contributed by atoms with Crippen LogP contribution in [0.5, 0.6) is 0 Å². The maximum Gasteiger partial charge on any atom is 0.125 e. The molecule has 1 rings (SSSR count). The number of nitrogens with two attached hydrogens (primary N) is 1. The van der Waals surface area contributed by atoms with Crippen molar-refractivity contribution >= 4 is 5.69 Å². The number of hydrogen-bond acceptors (Lipinski definition) is 3. The third-order valence-corrected chi connectivity index (χ3v) is 3.02. The molecule has 0 saturated heterocycles. The summed E-state index contributed by atoms with van der Waals surface area (Å²) in [5.74, 6) is -0.263. The summed E-state index contributed by atoms with van der Waals surface area (Å²) in [6.07, 6.45) is 0. The van der Waals surface area contributed by atoms with Crippen molar-refractivity contribution in [2.45, 2.75) is 26.4 Å². The molecule has 3 nitrogen and oxygen atoms in total. The zero-order valence-corrected chi connectivity index (χ0v) is 11.8. The van der Waals surface area contributed by atoms with Crippen molar-refractivity contribution in [2.75, 3.05) is 32.9 Å². The molecule has 1 unspecified atom stereocenters. The highest BCUT2D eigenvalue weighted by Crippen LogP contribution is 2.14. The van der Waals surface area contributed by atoms with Crippen LogP contribution in [0.4, 0.5) is 10.1 Å². The van der Waals surface area contributed by atoms with Gasteiger partial charge in [0, 0.05) is 24.8 Å². The maximum absolute atomic E-state index is 13.3. The fourth-order valence-electron chi connectivity index (χ4n) is 2.22. The minimum atomic E-state index is -0.263. The molecule has 18 heavy (non-hydrogen) atoms. The van der Waals surface area contributed by atoms with Crippen molar-refractivity contribution in [2.24, 2.45) is 0 Å². The number of anilines is 1. The van der Waals surface area contributed by atoms with Gasteiger partial charge < -0.3 is 10.6 Å². The Hall–Kier alpha value is -1.13. The van der Waals surface area contributed by atoms with E-state index in [1.807, 2.05) is 6.07 Å². The topological polar surface area (TPSA) is 32.5 Å². The van der Waals surface area contributed by atoms with E-state index in [1.165, 1.54) is 6.07 Å². The van der Waals surface area contributed by atoms with Gasteiger partial charge >= 0.3 is 0 Å². The second-order valence-electron chi connectivity index (χ2n) is 5.07. The molecular formula is C14H24FN3. The Bertz CT molecular complexity index is 359. The fourth-order valence-corrected chi connectivity index (χ4v) is 2.22. The Morgan fingerprint density at radius 3 is 2.44 bits per heavy atom. The van der Waals surface area contributed by atoms with Crippen molar-refractivity contribution in [1.82, 2.24) is 9.80 Å². The molecule has 2 N–H and O–H groups in total. The number of rotatable bonds is 6. The summed E-state index contributed by atoms with van der Waals surface area (Å²) in [7, 11) is 4.12. The van der Waals surface area contributed by atoms with Gasteiger partial charge in [0.25, 0.3) is 0 Å². The Kier molecular flexibility index (Phi) is 5.56. The summed E-state index contributed by atoms with van der Waals surface area (Å²) in [4.78, 5) is 4.47. The zero-order valence-electron chi connectivity index (χ0n) is 11.8. The number of benzene rings is 1. The van der Waals surface area contributed by atoms with E-state index in [9.17, 15) is 4.39 Å². The van der Waals surface area contributed by atoms with Crippen LogP contribution in [0.1, 0.15) is 19.4 Å². The molecular weight excluding hydrogens is 229 g/mol. The third-order valence-electron chi connectivity index (χ3n) is 3.02. The van der Waals surface area contributed by atoms with E-state index >= 15 is 0 Å². The molecule has 0 aliphatic heterocycles. The first-order valence-electron chi connectivity index (χ1n) is 6.36. The van der Waals surface area contributed by atoms with Crippen LogP contribution in [0.15, 0.2) is 18.2 Å². The van der Waals surface area contributed by atoms with E-state index in [0.29, 0.717) is 11.7 Å². The van der Waals surface area contributed by atoms with Crippen LogP contribution in [0.3, 0.4) is 0 Å². The van der Waals surface area contributed by atoms with Crippen molar-refractivity contribution in [3.63, 3.8) is 0 Å². The third kappa shape index (κ3) is 4.63. The summed E-state index contributed by atoms with van der Waals surface area (Å²) >= 11 is 0. The lowest BCUT2D eigenvalue weighted by molar-refractivity contribution is 0.174. The van der Waals surface area contributed by atoms with Gasteiger partial charge in [-0.2, -0.15) is 0 Å². The molecule has 0 aromatic heterocycles. The van der Waals surface area contributed by atoms with E-state index in [4.69, 9.17) is 5.73 Å². The molecule has 0 amide bonds. The summed E-state index contributed by atoms with van der Waals surface area (Å²) < 4.78 is 13.3. The van der Waals surface area contributed by atoms with Crippen LogP contribution < -0.4 is 5.73 Å². The minimum Gasteiger partial charge on any atom is -0.399 e. The van der Waals surface area contributed by atoms with Crippen LogP contribution in [0.2, 0.25) is 0 Å². The molecule has 1 aromatic rings. The molecule has 0 radical (unpaired) electrons. The number of hydrogen-bond donors (Lipinski definition) is 1. The molecule has 0 bridgehead atoms. The molecule has 102 valence electrons. The number of nitrogen functional groups attached to an aromatic ring is 1. The molecule has 0 saturated carbocycles. The maximum atomic E-state index is 13.3. The zero-order chi connectivity index (χ0) is 13.7. The Morgan fingerprint density at radius 1 is 1.28 bits per heavy atom. The summed E-state index contributed by atoms with van der Waals surface area (Å²) in [5.41, 5.74) is 7.08. The van der Waals surface area contributed by atoms with Crippen molar-refractivity contribution in [3.8, 4) is 0 Å². The van der Waals surface area contributed by atoms with Crippen LogP contribution in [0.25, 0.3) is 0 Å². The smallest absolute Gasteiger partial charge is 0.125 e. The van der Waals surface area contributed by atoms with Crippen molar-refractivity contribution < 1.29 is 4.39 Å². The molecule has 0 aliphatic carbocycles. The van der Waals surface area contributed by atoms with Gasteiger partial charge in [0.05, 0.1) is 0 Å². The molecule has 0 aliphatic rings. The normalized spacial score (nSPS) is 13.3. The predicted octanol–water partition coefficient (Wildman–Crippen LogP) is 2.18. The standard InChI is InChI=1S/C14H24FN3/c1-5-18(11(2)9-17(3)4)10-12-6-13(15)8-14(16)7-12/h6-8,11H,5,9-10,16H2,1-4H3. The lowest BCUT2D eigenvalue weighted by atomic mass is 10.1. The van der Waals surface area contributed by atoms with Crippen molar-refractivity contribution in [3.05, 3.63) is 29.6 Å². The number of halogens is 1. The second-order valence-corrected chi connectivity index (χ2v) is 5.07. The van der Waals surface area contributed by atoms with Crippen LogP contribution in [0, 0.1) is 5.82 Å². The Labute approximate surface area is 109 Å². The molecule has 1 atom stereocenters. The van der Waals surface area contributed by atoms with Gasteiger partial charge in [0.15, 0.2) is 0 Å². The van der Waals surface area contributed by atoms with E-state index < -0.39 is 0 Å². The molecule has 0 heterocycles. The monoisotopic (exact) mass is 253 g/mol. The van der Waals surface area contributed by atoms with Crippen LogP contribution >= 0.6 is 0 Å². The highest BCUT2D eigenvalue weighted by molar-refractivity contribution is 5.41. The molecule has 4 heteroatoms. The Balaban J connectivity index is 2.72. The summed E-state index contributed by atoms with van der Waals surface area (Å²) in [6.45, 7) is 6.96.